The van der Waals surface area contributed by atoms with Crippen molar-refractivity contribution in [3.63, 3.8) is 0 Å². The lowest BCUT2D eigenvalue weighted by molar-refractivity contribution is -0.133. The molecule has 3 atom stereocenters. The Kier molecular flexibility index (Phi) is 9.48. The maximum Gasteiger partial charge on any atom is 0.255 e. The number of benzene rings is 4. The summed E-state index contributed by atoms with van der Waals surface area (Å²) in [4.78, 5) is 46.8. The Morgan fingerprint density at radius 1 is 0.648 bits per heavy atom. The van der Waals surface area contributed by atoms with Gasteiger partial charge in [-0.1, -0.05) is 48.5 Å². The Hall–Kier alpha value is -4.95. The number of Topliss-reactive ketones (excluding diaryl/α,β-unsaturated/α-hetero) is 2. The molecule has 4 aromatic rings. The van der Waals surface area contributed by atoms with Gasteiger partial charge in [-0.2, -0.15) is 0 Å². The predicted molar refractivity (Wildman–Crippen MR) is 211 cm³/mol. The van der Waals surface area contributed by atoms with Crippen LogP contribution < -0.4 is 9.80 Å². The summed E-state index contributed by atoms with van der Waals surface area (Å²) >= 11 is 0. The molecule has 0 spiro atoms. The highest BCUT2D eigenvalue weighted by atomic mass is 16.3. The van der Waals surface area contributed by atoms with Gasteiger partial charge in [0.2, 0.25) is 0 Å². The molecule has 3 fully saturated rings. The minimum atomic E-state index is -0.474. The van der Waals surface area contributed by atoms with Crippen molar-refractivity contribution >= 4 is 28.8 Å². The number of hydrogen-bond acceptors (Lipinski definition) is 7. The monoisotopic (exact) mass is 722 g/mol. The van der Waals surface area contributed by atoms with E-state index in [4.69, 9.17) is 0 Å². The average molecular weight is 723 g/mol. The summed E-state index contributed by atoms with van der Waals surface area (Å²) in [6, 6.07) is 31.9. The maximum absolute atomic E-state index is 13.2. The number of ketones is 2. The molecule has 3 heterocycles. The van der Waals surface area contributed by atoms with Gasteiger partial charge < -0.3 is 19.8 Å². The Labute approximate surface area is 318 Å². The van der Waals surface area contributed by atoms with E-state index in [0.29, 0.717) is 42.5 Å². The van der Waals surface area contributed by atoms with Gasteiger partial charge in [0.1, 0.15) is 11.5 Å². The number of piperazine rings is 1. The molecular formula is C46H50N4O4. The number of carbonyl (C=O) groups is 3. The summed E-state index contributed by atoms with van der Waals surface area (Å²) in [6.45, 7) is 7.73. The van der Waals surface area contributed by atoms with Crippen LogP contribution in [0.5, 0.6) is 5.75 Å². The molecule has 1 saturated carbocycles. The largest absolute Gasteiger partial charge is 0.508 e. The normalized spacial score (nSPS) is 23.8. The molecule has 278 valence electrons. The van der Waals surface area contributed by atoms with Crippen LogP contribution in [0.1, 0.15) is 88.5 Å². The number of phenolic OH excluding ortho intramolecular Hbond substituents is 1. The number of nitrogens with zero attached hydrogens (tertiary/aromatic N) is 4. The molecule has 4 aromatic carbocycles. The molecule has 1 amide bonds. The number of aromatic hydroxyl groups is 1. The van der Waals surface area contributed by atoms with Crippen LogP contribution in [0.15, 0.2) is 91.0 Å². The van der Waals surface area contributed by atoms with Gasteiger partial charge in [0, 0.05) is 81.6 Å². The van der Waals surface area contributed by atoms with Crippen LogP contribution >= 0.6 is 0 Å². The van der Waals surface area contributed by atoms with E-state index < -0.39 is 6.04 Å². The maximum atomic E-state index is 13.2. The molecule has 5 aliphatic rings. The van der Waals surface area contributed by atoms with Crippen molar-refractivity contribution in [2.45, 2.75) is 69.4 Å². The second kappa shape index (κ2) is 14.7. The first-order chi connectivity index (χ1) is 26.4. The van der Waals surface area contributed by atoms with Gasteiger partial charge in [0.15, 0.2) is 5.78 Å². The number of fused-ring (bicyclic) bond motifs is 2. The Balaban J connectivity index is 0.780. The standard InChI is InChI=1S/C46H50N4O4/c51-38-12-16-41-34(27-38)8-14-40(32-4-2-1-3-5-32)45(41)33-6-9-36(10-7-33)48-20-18-31(19-21-48)29-47-22-24-49(25-23-47)37-11-15-42-35(26-37)30-50(46(42)54)43-17-13-39(52)28-44(43)53/h1-7,9-12,15-16,26-27,31,40,43,45,51H,8,13-14,17-25,28-30H2/t40-,43+,45+/m1/s1. The number of hydrogen-bond donors (Lipinski definition) is 1. The number of aryl methyl sites for hydroxylation is 1. The number of phenols is 1. The van der Waals surface area contributed by atoms with Crippen molar-refractivity contribution in [3.8, 4) is 5.75 Å². The second-order valence-corrected chi connectivity index (χ2v) is 16.2. The van der Waals surface area contributed by atoms with Crippen LogP contribution in [-0.4, -0.2) is 84.2 Å². The van der Waals surface area contributed by atoms with Gasteiger partial charge in [-0.25, -0.2) is 0 Å². The van der Waals surface area contributed by atoms with E-state index in [1.807, 2.05) is 18.2 Å². The highest BCUT2D eigenvalue weighted by Gasteiger charge is 2.39. The zero-order valence-electron chi connectivity index (χ0n) is 31.0. The van der Waals surface area contributed by atoms with E-state index in [0.717, 1.165) is 69.9 Å². The van der Waals surface area contributed by atoms with Crippen LogP contribution in [-0.2, 0) is 22.6 Å². The molecule has 0 aromatic heterocycles. The SMILES string of the molecule is O=C1CC[C@H](N2Cc3cc(N4CCN(CC5CCN(c6ccc([C@@H]7c8ccc(O)cc8CC[C@@H]7c7ccccc7)cc6)CC5)CC4)ccc3C2=O)C(=O)C1. The van der Waals surface area contributed by atoms with Crippen molar-refractivity contribution in [3.05, 3.63) is 124 Å². The molecule has 3 aliphatic heterocycles. The Morgan fingerprint density at radius 2 is 1.39 bits per heavy atom. The fourth-order valence-electron chi connectivity index (χ4n) is 10.1. The topological polar surface area (TPSA) is 84.4 Å². The summed E-state index contributed by atoms with van der Waals surface area (Å²) in [6.07, 6.45) is 5.22. The minimum Gasteiger partial charge on any atom is -0.508 e. The van der Waals surface area contributed by atoms with Gasteiger partial charge in [-0.3, -0.25) is 19.3 Å². The summed E-state index contributed by atoms with van der Waals surface area (Å²) in [5.41, 5.74) is 9.48. The molecule has 2 saturated heterocycles. The summed E-state index contributed by atoms with van der Waals surface area (Å²) in [7, 11) is 0. The highest BCUT2D eigenvalue weighted by molar-refractivity contribution is 6.07. The summed E-state index contributed by atoms with van der Waals surface area (Å²) in [5.74, 6) is 1.51. The first-order valence-corrected chi connectivity index (χ1v) is 20.0. The number of amides is 1. The number of rotatable bonds is 7. The van der Waals surface area contributed by atoms with E-state index in [-0.39, 0.29) is 29.8 Å². The highest BCUT2D eigenvalue weighted by Crippen LogP contribution is 2.47. The van der Waals surface area contributed by atoms with Gasteiger partial charge >= 0.3 is 0 Å². The first-order valence-electron chi connectivity index (χ1n) is 20.0. The van der Waals surface area contributed by atoms with E-state index in [1.54, 1.807) is 4.90 Å². The Morgan fingerprint density at radius 3 is 2.15 bits per heavy atom. The molecule has 0 radical (unpaired) electrons. The van der Waals surface area contributed by atoms with Crippen LogP contribution in [0.2, 0.25) is 0 Å². The zero-order valence-corrected chi connectivity index (χ0v) is 31.0. The quantitative estimate of drug-likeness (QED) is 0.207. The van der Waals surface area contributed by atoms with Crippen LogP contribution in [0.3, 0.4) is 0 Å². The fourth-order valence-corrected chi connectivity index (χ4v) is 10.1. The molecule has 8 heteroatoms. The average Bonchev–Trinajstić information content (AvgIpc) is 3.53. The predicted octanol–water partition coefficient (Wildman–Crippen LogP) is 6.94. The molecular weight excluding hydrogens is 673 g/mol. The number of carbonyl (C=O) groups excluding carboxylic acids is 3. The smallest absolute Gasteiger partial charge is 0.255 e. The Bertz CT molecular complexity index is 2030. The van der Waals surface area contributed by atoms with Gasteiger partial charge in [-0.05, 0) is 114 Å². The van der Waals surface area contributed by atoms with Crippen LogP contribution in [0.25, 0.3) is 0 Å². The third-order valence-electron chi connectivity index (χ3n) is 13.0. The molecule has 8 nitrogen and oxygen atoms in total. The fraction of sp³-hybridized carbons (Fsp3) is 0.413. The van der Waals surface area contributed by atoms with Crippen molar-refractivity contribution in [2.75, 3.05) is 55.6 Å². The van der Waals surface area contributed by atoms with Gasteiger partial charge in [0.05, 0.1) is 12.5 Å². The number of piperidine rings is 1. The lowest BCUT2D eigenvalue weighted by Gasteiger charge is -2.40. The lowest BCUT2D eigenvalue weighted by atomic mass is 9.69. The third kappa shape index (κ3) is 6.81. The third-order valence-corrected chi connectivity index (χ3v) is 13.0. The van der Waals surface area contributed by atoms with E-state index in [9.17, 15) is 19.5 Å². The van der Waals surface area contributed by atoms with Crippen molar-refractivity contribution in [1.82, 2.24) is 9.80 Å². The zero-order chi connectivity index (χ0) is 36.8. The molecule has 0 unspecified atom stereocenters. The van der Waals surface area contributed by atoms with E-state index in [1.165, 1.54) is 40.8 Å². The molecule has 0 bridgehead atoms. The minimum absolute atomic E-state index is 0.0167. The molecule has 9 rings (SSSR count). The lowest BCUT2D eigenvalue weighted by Crippen LogP contribution is -2.49. The van der Waals surface area contributed by atoms with E-state index >= 15 is 0 Å². The molecule has 2 aliphatic carbocycles. The van der Waals surface area contributed by atoms with Gasteiger partial charge in [-0.15, -0.1) is 0 Å². The summed E-state index contributed by atoms with van der Waals surface area (Å²) in [5, 5.41) is 10.2. The summed E-state index contributed by atoms with van der Waals surface area (Å²) < 4.78 is 0. The van der Waals surface area contributed by atoms with E-state index in [2.05, 4.69) is 87.5 Å². The van der Waals surface area contributed by atoms with Crippen molar-refractivity contribution < 1.29 is 19.5 Å². The number of anilines is 2. The van der Waals surface area contributed by atoms with Gasteiger partial charge in [0.25, 0.3) is 5.91 Å². The van der Waals surface area contributed by atoms with Crippen molar-refractivity contribution in [1.29, 1.82) is 0 Å². The van der Waals surface area contributed by atoms with Crippen LogP contribution in [0, 0.1) is 5.92 Å². The van der Waals surface area contributed by atoms with Crippen LogP contribution in [0.4, 0.5) is 11.4 Å². The second-order valence-electron chi connectivity index (χ2n) is 16.2. The molecule has 1 N–H and O–H groups in total. The molecule has 54 heavy (non-hydrogen) atoms. The first kappa shape index (κ1) is 34.8. The van der Waals surface area contributed by atoms with Crippen molar-refractivity contribution in [2.24, 2.45) is 5.92 Å².